The largest absolute Gasteiger partial charge is 0.463 e. The van der Waals surface area contributed by atoms with Gasteiger partial charge in [0.2, 0.25) is 11.2 Å². The van der Waals surface area contributed by atoms with Gasteiger partial charge in [0.15, 0.2) is 0 Å². The summed E-state index contributed by atoms with van der Waals surface area (Å²) in [6, 6.07) is 0.177. The molecule has 1 aromatic rings. The number of nitrogens with one attached hydrogen (secondary N) is 1. The van der Waals surface area contributed by atoms with Crippen LogP contribution in [0.4, 0.5) is 5.95 Å². The van der Waals surface area contributed by atoms with Crippen LogP contribution in [0.2, 0.25) is 5.28 Å². The molecule has 1 rings (SSSR count). The van der Waals surface area contributed by atoms with Gasteiger partial charge in [-0.2, -0.15) is 15.0 Å². The Kier molecular flexibility index (Phi) is 4.92. The molecule has 7 heteroatoms. The number of hydrogen-bond acceptors (Lipinski definition) is 6. The summed E-state index contributed by atoms with van der Waals surface area (Å²) in [5.41, 5.74) is -1.60. The Morgan fingerprint density at radius 1 is 1.21 bits per heavy atom. The SMILES string of the molecule is CCCOc1nc(Cl)nc(NC(C)(C)C(C)(C)O)n1. The van der Waals surface area contributed by atoms with E-state index >= 15 is 0 Å². The molecule has 1 aromatic heterocycles. The van der Waals surface area contributed by atoms with Gasteiger partial charge in [0.05, 0.1) is 17.7 Å². The standard InChI is InChI=1S/C12H21ClN4O2/c1-6-7-19-10-15-8(13)14-9(16-10)17-11(2,3)12(4,5)18/h18H,6-7H2,1-5H3,(H,14,15,16,17). The topological polar surface area (TPSA) is 80.2 Å². The number of rotatable bonds is 6. The lowest BCUT2D eigenvalue weighted by Gasteiger charge is -2.37. The van der Waals surface area contributed by atoms with Crippen LogP contribution in [0.25, 0.3) is 0 Å². The number of nitrogens with zero attached hydrogens (tertiary/aromatic N) is 3. The summed E-state index contributed by atoms with van der Waals surface area (Å²) in [6.45, 7) is 9.59. The number of hydrogen-bond donors (Lipinski definition) is 2. The van der Waals surface area contributed by atoms with Crippen molar-refractivity contribution in [2.75, 3.05) is 11.9 Å². The molecule has 0 saturated carbocycles. The zero-order valence-corrected chi connectivity index (χ0v) is 12.7. The van der Waals surface area contributed by atoms with Crippen molar-refractivity contribution in [3.05, 3.63) is 5.28 Å². The summed E-state index contributed by atoms with van der Waals surface area (Å²) < 4.78 is 5.33. The van der Waals surface area contributed by atoms with Gasteiger partial charge in [0.1, 0.15) is 0 Å². The summed E-state index contributed by atoms with van der Waals surface area (Å²) >= 11 is 5.83. The lowest BCUT2D eigenvalue weighted by atomic mass is 9.86. The van der Waals surface area contributed by atoms with Crippen LogP contribution in [0.3, 0.4) is 0 Å². The van der Waals surface area contributed by atoms with Gasteiger partial charge >= 0.3 is 6.01 Å². The summed E-state index contributed by atoms with van der Waals surface area (Å²) in [4.78, 5) is 12.0. The van der Waals surface area contributed by atoms with Gasteiger partial charge in [0.25, 0.3) is 0 Å². The Balaban J connectivity index is 2.92. The average Bonchev–Trinajstić information content (AvgIpc) is 2.23. The maximum absolute atomic E-state index is 10.1. The molecule has 0 atom stereocenters. The fourth-order valence-electron chi connectivity index (χ4n) is 1.08. The first kappa shape index (κ1) is 15.9. The molecule has 0 radical (unpaired) electrons. The summed E-state index contributed by atoms with van der Waals surface area (Å²) in [5, 5.41) is 13.2. The molecule has 108 valence electrons. The molecule has 2 N–H and O–H groups in total. The Labute approximate surface area is 118 Å². The van der Waals surface area contributed by atoms with Gasteiger partial charge in [-0.1, -0.05) is 6.92 Å². The van der Waals surface area contributed by atoms with Crippen LogP contribution in [0.1, 0.15) is 41.0 Å². The lowest BCUT2D eigenvalue weighted by molar-refractivity contribution is 0.0236. The third kappa shape index (κ3) is 4.47. The van der Waals surface area contributed by atoms with Crippen molar-refractivity contribution in [1.29, 1.82) is 0 Å². The molecule has 0 amide bonds. The minimum atomic E-state index is -0.962. The van der Waals surface area contributed by atoms with Crippen LogP contribution < -0.4 is 10.1 Å². The van der Waals surface area contributed by atoms with E-state index in [1.165, 1.54) is 0 Å². The van der Waals surface area contributed by atoms with Crippen molar-refractivity contribution < 1.29 is 9.84 Å². The summed E-state index contributed by atoms with van der Waals surface area (Å²) in [6.07, 6.45) is 0.848. The molecule has 0 aliphatic heterocycles. The van der Waals surface area contributed by atoms with Gasteiger partial charge in [-0.25, -0.2) is 0 Å². The van der Waals surface area contributed by atoms with Gasteiger partial charge < -0.3 is 15.2 Å². The monoisotopic (exact) mass is 288 g/mol. The number of anilines is 1. The number of aromatic nitrogens is 3. The molecule has 0 aliphatic rings. The predicted octanol–water partition coefficient (Wildman–Crippen LogP) is 2.28. The zero-order chi connectivity index (χ0) is 14.7. The quantitative estimate of drug-likeness (QED) is 0.836. The van der Waals surface area contributed by atoms with Crippen molar-refractivity contribution in [2.24, 2.45) is 0 Å². The first-order valence-electron chi connectivity index (χ1n) is 6.20. The molecule has 1 heterocycles. The average molecular weight is 289 g/mol. The van der Waals surface area contributed by atoms with Crippen LogP contribution in [0, 0.1) is 0 Å². The second-order valence-corrected chi connectivity index (χ2v) is 5.71. The van der Waals surface area contributed by atoms with E-state index in [1.807, 2.05) is 20.8 Å². The van der Waals surface area contributed by atoms with Gasteiger partial charge in [-0.3, -0.25) is 0 Å². The van der Waals surface area contributed by atoms with Crippen LogP contribution >= 0.6 is 11.6 Å². The second kappa shape index (κ2) is 5.88. The van der Waals surface area contributed by atoms with E-state index in [0.29, 0.717) is 6.61 Å². The van der Waals surface area contributed by atoms with E-state index in [9.17, 15) is 5.11 Å². The first-order chi connectivity index (χ1) is 8.65. The van der Waals surface area contributed by atoms with Crippen molar-refractivity contribution in [3.63, 3.8) is 0 Å². The highest BCUT2D eigenvalue weighted by atomic mass is 35.5. The normalized spacial score (nSPS) is 12.4. The van der Waals surface area contributed by atoms with Crippen LogP contribution in [0.5, 0.6) is 6.01 Å². The van der Waals surface area contributed by atoms with E-state index in [2.05, 4.69) is 20.3 Å². The van der Waals surface area contributed by atoms with E-state index in [0.717, 1.165) is 6.42 Å². The van der Waals surface area contributed by atoms with Crippen LogP contribution in [0.15, 0.2) is 0 Å². The van der Waals surface area contributed by atoms with E-state index < -0.39 is 11.1 Å². The highest BCUT2D eigenvalue weighted by molar-refractivity contribution is 6.28. The molecular formula is C12H21ClN4O2. The van der Waals surface area contributed by atoms with Crippen molar-refractivity contribution >= 4 is 17.5 Å². The summed E-state index contributed by atoms with van der Waals surface area (Å²) in [5.74, 6) is 0.276. The van der Waals surface area contributed by atoms with Crippen LogP contribution in [-0.4, -0.2) is 37.8 Å². The number of aliphatic hydroxyl groups is 1. The summed E-state index contributed by atoms with van der Waals surface area (Å²) in [7, 11) is 0. The first-order valence-corrected chi connectivity index (χ1v) is 6.58. The van der Waals surface area contributed by atoms with Gasteiger partial charge in [-0.05, 0) is 45.7 Å². The van der Waals surface area contributed by atoms with Crippen molar-refractivity contribution in [3.8, 4) is 6.01 Å². The Hall–Kier alpha value is -1.14. The molecule has 0 spiro atoms. The molecule has 6 nitrogen and oxygen atoms in total. The minimum Gasteiger partial charge on any atom is -0.463 e. The highest BCUT2D eigenvalue weighted by Crippen LogP contribution is 2.25. The zero-order valence-electron chi connectivity index (χ0n) is 12.0. The second-order valence-electron chi connectivity index (χ2n) is 5.37. The molecule has 0 saturated heterocycles. The highest BCUT2D eigenvalue weighted by Gasteiger charge is 2.35. The molecule has 0 unspecified atom stereocenters. The Bertz CT molecular complexity index is 432. The van der Waals surface area contributed by atoms with Crippen molar-refractivity contribution in [1.82, 2.24) is 15.0 Å². The maximum Gasteiger partial charge on any atom is 0.322 e. The number of ether oxygens (including phenoxy) is 1. The van der Waals surface area contributed by atoms with E-state index in [4.69, 9.17) is 16.3 Å². The lowest BCUT2D eigenvalue weighted by Crippen LogP contribution is -2.51. The minimum absolute atomic E-state index is 0.0511. The molecular weight excluding hydrogens is 268 g/mol. The van der Waals surface area contributed by atoms with Crippen LogP contribution in [-0.2, 0) is 0 Å². The molecule has 0 aliphatic carbocycles. The van der Waals surface area contributed by atoms with E-state index in [-0.39, 0.29) is 17.2 Å². The fourth-order valence-corrected chi connectivity index (χ4v) is 1.23. The van der Waals surface area contributed by atoms with Crippen molar-refractivity contribution in [2.45, 2.75) is 52.2 Å². The Morgan fingerprint density at radius 3 is 2.37 bits per heavy atom. The molecule has 0 aromatic carbocycles. The fraction of sp³-hybridized carbons (Fsp3) is 0.750. The van der Waals surface area contributed by atoms with Gasteiger partial charge in [0, 0.05) is 0 Å². The molecule has 0 fully saturated rings. The predicted molar refractivity (Wildman–Crippen MR) is 74.6 cm³/mol. The molecule has 19 heavy (non-hydrogen) atoms. The van der Waals surface area contributed by atoms with Gasteiger partial charge in [-0.15, -0.1) is 0 Å². The maximum atomic E-state index is 10.1. The smallest absolute Gasteiger partial charge is 0.322 e. The third-order valence-electron chi connectivity index (χ3n) is 2.98. The van der Waals surface area contributed by atoms with E-state index in [1.54, 1.807) is 13.8 Å². The molecule has 0 bridgehead atoms. The third-order valence-corrected chi connectivity index (χ3v) is 3.15. The number of halogens is 1. The Morgan fingerprint density at radius 2 is 1.84 bits per heavy atom.